The molecule has 6 nitrogen and oxygen atoms in total. The van der Waals surface area contributed by atoms with Crippen LogP contribution < -0.4 is 15.4 Å². The van der Waals surface area contributed by atoms with Crippen molar-refractivity contribution in [2.24, 2.45) is 0 Å². The molecule has 6 heteroatoms. The van der Waals surface area contributed by atoms with Crippen LogP contribution in [0.2, 0.25) is 0 Å². The number of nitrogens with one attached hydrogen (secondary N) is 2. The van der Waals surface area contributed by atoms with Crippen LogP contribution in [0.1, 0.15) is 0 Å². The van der Waals surface area contributed by atoms with Crippen molar-refractivity contribution in [3.05, 3.63) is 18.3 Å². The number of carbonyl (C=O) groups is 1. The molecule has 0 aliphatic rings. The number of aromatic nitrogens is 1. The minimum atomic E-state index is -0.102. The highest BCUT2D eigenvalue weighted by molar-refractivity contribution is 5.73. The second kappa shape index (κ2) is 6.57. The predicted molar refractivity (Wildman–Crippen MR) is 66.4 cm³/mol. The molecular weight excluding hydrogens is 220 g/mol. The number of pyridine rings is 1. The Balaban J connectivity index is 2.24. The summed E-state index contributed by atoms with van der Waals surface area (Å²) in [5, 5.41) is 5.84. The van der Waals surface area contributed by atoms with E-state index in [0.717, 1.165) is 11.6 Å². The maximum absolute atomic E-state index is 11.2. The van der Waals surface area contributed by atoms with E-state index in [9.17, 15) is 4.79 Å². The first-order valence-electron chi connectivity index (χ1n) is 5.32. The molecule has 1 rings (SSSR count). The summed E-state index contributed by atoms with van der Waals surface area (Å²) in [6.07, 6.45) is 1.64. The minimum absolute atomic E-state index is 0.102. The highest BCUT2D eigenvalue weighted by atomic mass is 16.5. The lowest BCUT2D eigenvalue weighted by molar-refractivity contribution is 0.218. The van der Waals surface area contributed by atoms with Crippen LogP contribution in [0.5, 0.6) is 5.75 Å². The molecule has 0 saturated heterocycles. The lowest BCUT2D eigenvalue weighted by atomic mass is 10.4. The molecule has 0 atom stereocenters. The quantitative estimate of drug-likeness (QED) is 0.744. The largest absolute Gasteiger partial charge is 0.495 e. The van der Waals surface area contributed by atoms with Crippen molar-refractivity contribution in [2.45, 2.75) is 0 Å². The molecule has 0 aliphatic carbocycles. The third-order valence-corrected chi connectivity index (χ3v) is 2.09. The molecule has 0 unspecified atom stereocenters. The van der Waals surface area contributed by atoms with E-state index >= 15 is 0 Å². The van der Waals surface area contributed by atoms with Gasteiger partial charge in [-0.25, -0.2) is 9.78 Å². The molecular formula is C11H18N4O2. The van der Waals surface area contributed by atoms with Gasteiger partial charge in [-0.15, -0.1) is 0 Å². The van der Waals surface area contributed by atoms with Crippen LogP contribution in [0.4, 0.5) is 10.6 Å². The van der Waals surface area contributed by atoms with E-state index in [-0.39, 0.29) is 6.03 Å². The molecule has 0 spiro atoms. The average molecular weight is 238 g/mol. The Kier molecular flexibility index (Phi) is 5.06. The third kappa shape index (κ3) is 4.58. The van der Waals surface area contributed by atoms with Crippen molar-refractivity contribution in [3.63, 3.8) is 0 Å². The number of rotatable bonds is 5. The third-order valence-electron chi connectivity index (χ3n) is 2.09. The standard InChI is InChI=1S/C11H18N4O2/c1-15(2)11(16)13-7-6-12-10-5-4-9(17-3)8-14-10/h4-5,8H,6-7H2,1-3H3,(H,12,14)(H,13,16). The Labute approximate surface area is 101 Å². The van der Waals surface area contributed by atoms with Crippen LogP contribution in [-0.4, -0.2) is 50.2 Å². The maximum atomic E-state index is 11.2. The summed E-state index contributed by atoms with van der Waals surface area (Å²) in [7, 11) is 5.00. The molecule has 0 bridgehead atoms. The summed E-state index contributed by atoms with van der Waals surface area (Å²) >= 11 is 0. The fraction of sp³-hybridized carbons (Fsp3) is 0.455. The molecule has 0 radical (unpaired) electrons. The molecule has 94 valence electrons. The average Bonchev–Trinajstić information content (AvgIpc) is 2.35. The number of urea groups is 1. The van der Waals surface area contributed by atoms with Crippen LogP contribution in [0.3, 0.4) is 0 Å². The summed E-state index contributed by atoms with van der Waals surface area (Å²) in [6.45, 7) is 1.17. The monoisotopic (exact) mass is 238 g/mol. The number of hydrogen-bond donors (Lipinski definition) is 2. The summed E-state index contributed by atoms with van der Waals surface area (Å²) in [5.41, 5.74) is 0. The number of ether oxygens (including phenoxy) is 1. The van der Waals surface area contributed by atoms with E-state index in [4.69, 9.17) is 4.74 Å². The Morgan fingerprint density at radius 3 is 2.71 bits per heavy atom. The highest BCUT2D eigenvalue weighted by Gasteiger charge is 2.00. The number of nitrogens with zero attached hydrogens (tertiary/aromatic N) is 2. The van der Waals surface area contributed by atoms with Gasteiger partial charge in [0.1, 0.15) is 11.6 Å². The topological polar surface area (TPSA) is 66.5 Å². The molecule has 0 aliphatic heterocycles. The molecule has 2 N–H and O–H groups in total. The molecule has 1 aromatic heterocycles. The number of amides is 2. The smallest absolute Gasteiger partial charge is 0.316 e. The van der Waals surface area contributed by atoms with Gasteiger partial charge in [0.05, 0.1) is 13.3 Å². The molecule has 0 saturated carbocycles. The second-order valence-corrected chi connectivity index (χ2v) is 3.64. The van der Waals surface area contributed by atoms with Gasteiger partial charge in [0, 0.05) is 27.2 Å². The van der Waals surface area contributed by atoms with E-state index in [1.54, 1.807) is 27.4 Å². The molecule has 2 amide bonds. The predicted octanol–water partition coefficient (Wildman–Crippen LogP) is 0.773. The Hall–Kier alpha value is -1.98. The maximum Gasteiger partial charge on any atom is 0.316 e. The van der Waals surface area contributed by atoms with Crippen molar-refractivity contribution in [1.82, 2.24) is 15.2 Å². The highest BCUT2D eigenvalue weighted by Crippen LogP contribution is 2.10. The summed E-state index contributed by atoms with van der Waals surface area (Å²) < 4.78 is 5.00. The van der Waals surface area contributed by atoms with Crippen molar-refractivity contribution < 1.29 is 9.53 Å². The van der Waals surface area contributed by atoms with Gasteiger partial charge in [-0.2, -0.15) is 0 Å². The minimum Gasteiger partial charge on any atom is -0.495 e. The van der Waals surface area contributed by atoms with Gasteiger partial charge < -0.3 is 20.3 Å². The Morgan fingerprint density at radius 2 is 2.18 bits per heavy atom. The van der Waals surface area contributed by atoms with E-state index in [2.05, 4.69) is 15.6 Å². The van der Waals surface area contributed by atoms with Crippen molar-refractivity contribution >= 4 is 11.8 Å². The van der Waals surface area contributed by atoms with Gasteiger partial charge in [0.15, 0.2) is 0 Å². The van der Waals surface area contributed by atoms with Crippen molar-refractivity contribution in [1.29, 1.82) is 0 Å². The number of hydrogen-bond acceptors (Lipinski definition) is 4. The summed E-state index contributed by atoms with van der Waals surface area (Å²) in [5.74, 6) is 1.47. The van der Waals surface area contributed by atoms with Crippen LogP contribution in [0.15, 0.2) is 18.3 Å². The van der Waals surface area contributed by atoms with E-state index in [0.29, 0.717) is 13.1 Å². The van der Waals surface area contributed by atoms with Crippen molar-refractivity contribution in [2.75, 3.05) is 39.6 Å². The van der Waals surface area contributed by atoms with Gasteiger partial charge in [0.2, 0.25) is 0 Å². The van der Waals surface area contributed by atoms with Gasteiger partial charge >= 0.3 is 6.03 Å². The lowest BCUT2D eigenvalue weighted by Crippen LogP contribution is -2.37. The summed E-state index contributed by atoms with van der Waals surface area (Å²) in [4.78, 5) is 16.8. The Bertz CT molecular complexity index is 351. The number of methoxy groups -OCH3 is 1. The van der Waals surface area contributed by atoms with Gasteiger partial charge in [-0.3, -0.25) is 0 Å². The van der Waals surface area contributed by atoms with Crippen LogP contribution in [0, 0.1) is 0 Å². The summed E-state index contributed by atoms with van der Waals surface area (Å²) in [6, 6.07) is 3.55. The molecule has 0 aromatic carbocycles. The first-order valence-corrected chi connectivity index (χ1v) is 5.32. The fourth-order valence-corrected chi connectivity index (χ4v) is 1.12. The number of anilines is 1. The van der Waals surface area contributed by atoms with E-state index in [1.807, 2.05) is 12.1 Å². The first kappa shape index (κ1) is 13.1. The van der Waals surface area contributed by atoms with Crippen LogP contribution in [-0.2, 0) is 0 Å². The molecule has 17 heavy (non-hydrogen) atoms. The Morgan fingerprint density at radius 1 is 1.41 bits per heavy atom. The van der Waals surface area contributed by atoms with Crippen LogP contribution in [0.25, 0.3) is 0 Å². The second-order valence-electron chi connectivity index (χ2n) is 3.64. The molecule has 1 aromatic rings. The number of carbonyl (C=O) groups excluding carboxylic acids is 1. The van der Waals surface area contributed by atoms with E-state index in [1.165, 1.54) is 4.90 Å². The van der Waals surface area contributed by atoms with Crippen molar-refractivity contribution in [3.8, 4) is 5.75 Å². The molecule has 0 fully saturated rings. The van der Waals surface area contributed by atoms with Crippen LogP contribution >= 0.6 is 0 Å². The SMILES string of the molecule is COc1ccc(NCCNC(=O)N(C)C)nc1. The van der Waals surface area contributed by atoms with Gasteiger partial charge in [0.25, 0.3) is 0 Å². The fourth-order valence-electron chi connectivity index (χ4n) is 1.12. The van der Waals surface area contributed by atoms with E-state index < -0.39 is 0 Å². The first-order chi connectivity index (χ1) is 8.13. The van der Waals surface area contributed by atoms with Gasteiger partial charge in [-0.05, 0) is 12.1 Å². The zero-order chi connectivity index (χ0) is 12.7. The lowest BCUT2D eigenvalue weighted by Gasteiger charge is -2.12. The zero-order valence-corrected chi connectivity index (χ0v) is 10.4. The normalized spacial score (nSPS) is 9.59. The zero-order valence-electron chi connectivity index (χ0n) is 10.4. The van der Waals surface area contributed by atoms with Gasteiger partial charge in [-0.1, -0.05) is 0 Å². The molecule has 1 heterocycles.